The van der Waals surface area contributed by atoms with Crippen molar-refractivity contribution < 1.29 is 18.1 Å². The fourth-order valence-electron chi connectivity index (χ4n) is 4.61. The monoisotopic (exact) mass is 368 g/mol. The van der Waals surface area contributed by atoms with Crippen LogP contribution in [0.3, 0.4) is 0 Å². The molecule has 3 unspecified atom stereocenters. The molecule has 2 saturated carbocycles. The van der Waals surface area contributed by atoms with Crippen LogP contribution in [0.4, 0.5) is 13.6 Å². The number of nitrogens with two attached hydrogens (primary N) is 1. The van der Waals surface area contributed by atoms with Crippen molar-refractivity contribution in [1.29, 1.82) is 0 Å². The van der Waals surface area contributed by atoms with Gasteiger partial charge in [-0.25, -0.2) is 13.6 Å². The van der Waals surface area contributed by atoms with E-state index in [1.165, 1.54) is 4.90 Å². The van der Waals surface area contributed by atoms with Gasteiger partial charge in [-0.2, -0.15) is 4.98 Å². The van der Waals surface area contributed by atoms with Crippen molar-refractivity contribution in [1.82, 2.24) is 15.0 Å². The molecule has 4 rings (SSSR count). The second-order valence-electron chi connectivity index (χ2n) is 8.46. The Morgan fingerprint density at radius 2 is 2.04 bits per heavy atom. The summed E-state index contributed by atoms with van der Waals surface area (Å²) in [6.07, 6.45) is 4.68. The van der Waals surface area contributed by atoms with E-state index in [0.29, 0.717) is 49.9 Å². The number of urea groups is 1. The van der Waals surface area contributed by atoms with Gasteiger partial charge in [-0.3, -0.25) is 0 Å². The van der Waals surface area contributed by atoms with E-state index in [1.54, 1.807) is 0 Å². The first-order valence-corrected chi connectivity index (χ1v) is 9.58. The van der Waals surface area contributed by atoms with Gasteiger partial charge >= 0.3 is 6.03 Å². The molecule has 1 aromatic rings. The molecular weight excluding hydrogens is 342 g/mol. The van der Waals surface area contributed by atoms with Crippen LogP contribution in [0, 0.1) is 5.92 Å². The quantitative estimate of drug-likeness (QED) is 0.884. The van der Waals surface area contributed by atoms with E-state index in [-0.39, 0.29) is 6.42 Å². The minimum absolute atomic E-state index is 0.120. The van der Waals surface area contributed by atoms with Crippen molar-refractivity contribution in [3.63, 3.8) is 0 Å². The van der Waals surface area contributed by atoms with Crippen molar-refractivity contribution in [3.05, 3.63) is 11.7 Å². The molecule has 0 bridgehead atoms. The standard InChI is InChI=1S/C18H26F2N4O2/c1-17(15-22-14(26-23-15)11-5-6-11)8-9-24(16(21)25)13(10-17)12-4-2-3-7-18(12,19)20/h11-13H,2-10H2,1H3,(H2,21,25). The van der Waals surface area contributed by atoms with Crippen LogP contribution in [0.5, 0.6) is 0 Å². The summed E-state index contributed by atoms with van der Waals surface area (Å²) in [4.78, 5) is 17.9. The number of aromatic nitrogens is 2. The minimum atomic E-state index is -2.77. The molecule has 3 aliphatic rings. The number of likely N-dealkylation sites (tertiary alicyclic amines) is 1. The van der Waals surface area contributed by atoms with Gasteiger partial charge in [-0.15, -0.1) is 0 Å². The molecule has 2 amide bonds. The van der Waals surface area contributed by atoms with E-state index in [2.05, 4.69) is 10.1 Å². The molecule has 8 heteroatoms. The SMILES string of the molecule is CC1(c2noc(C3CC3)n2)CCN(C(N)=O)C(C2CCCCC2(F)F)C1. The molecule has 2 heterocycles. The highest BCUT2D eigenvalue weighted by Crippen LogP contribution is 2.48. The third-order valence-electron chi connectivity index (χ3n) is 6.44. The van der Waals surface area contributed by atoms with Gasteiger partial charge in [0.1, 0.15) is 0 Å². The largest absolute Gasteiger partial charge is 0.351 e. The second-order valence-corrected chi connectivity index (χ2v) is 8.46. The molecule has 26 heavy (non-hydrogen) atoms. The number of halogens is 2. The van der Waals surface area contributed by atoms with Gasteiger partial charge in [0.05, 0.1) is 0 Å². The van der Waals surface area contributed by atoms with Crippen LogP contribution in [0.15, 0.2) is 4.52 Å². The fraction of sp³-hybridized carbons (Fsp3) is 0.833. The number of carbonyl (C=O) groups excluding carboxylic acids is 1. The number of rotatable bonds is 3. The summed E-state index contributed by atoms with van der Waals surface area (Å²) in [5.74, 6) is -2.06. The molecule has 6 nitrogen and oxygen atoms in total. The van der Waals surface area contributed by atoms with Crippen molar-refractivity contribution in [2.45, 2.75) is 81.6 Å². The molecule has 1 aromatic heterocycles. The van der Waals surface area contributed by atoms with Crippen LogP contribution >= 0.6 is 0 Å². The lowest BCUT2D eigenvalue weighted by Gasteiger charge is -2.48. The Hall–Kier alpha value is -1.73. The van der Waals surface area contributed by atoms with Gasteiger partial charge in [0.25, 0.3) is 5.92 Å². The maximum atomic E-state index is 14.6. The first-order valence-electron chi connectivity index (χ1n) is 9.58. The molecular formula is C18H26F2N4O2. The smallest absolute Gasteiger partial charge is 0.315 e. The first-order chi connectivity index (χ1) is 12.3. The van der Waals surface area contributed by atoms with Crippen molar-refractivity contribution >= 4 is 6.03 Å². The Labute approximate surface area is 151 Å². The molecule has 2 aliphatic carbocycles. The molecule has 3 atom stereocenters. The fourth-order valence-corrected chi connectivity index (χ4v) is 4.61. The third-order valence-corrected chi connectivity index (χ3v) is 6.44. The Bertz CT molecular complexity index is 690. The average Bonchev–Trinajstić information content (AvgIpc) is 3.30. The highest BCUT2D eigenvalue weighted by molar-refractivity contribution is 5.72. The lowest BCUT2D eigenvalue weighted by atomic mass is 9.69. The van der Waals surface area contributed by atoms with Crippen LogP contribution in [-0.4, -0.2) is 39.6 Å². The van der Waals surface area contributed by atoms with Crippen molar-refractivity contribution in [2.24, 2.45) is 11.7 Å². The number of primary amides is 1. The van der Waals surface area contributed by atoms with E-state index in [1.807, 2.05) is 6.92 Å². The minimum Gasteiger partial charge on any atom is -0.351 e. The van der Waals surface area contributed by atoms with Gasteiger partial charge in [0.15, 0.2) is 5.82 Å². The zero-order valence-electron chi connectivity index (χ0n) is 15.1. The van der Waals surface area contributed by atoms with Gasteiger partial charge in [0, 0.05) is 36.3 Å². The maximum Gasteiger partial charge on any atom is 0.315 e. The lowest BCUT2D eigenvalue weighted by Crippen LogP contribution is -2.58. The number of piperidine rings is 1. The highest BCUT2D eigenvalue weighted by Gasteiger charge is 2.52. The van der Waals surface area contributed by atoms with Gasteiger partial charge in [0.2, 0.25) is 5.89 Å². The second kappa shape index (κ2) is 6.16. The zero-order valence-corrected chi connectivity index (χ0v) is 15.1. The third kappa shape index (κ3) is 3.07. The summed E-state index contributed by atoms with van der Waals surface area (Å²) in [5.41, 5.74) is 5.04. The summed E-state index contributed by atoms with van der Waals surface area (Å²) in [7, 11) is 0. The maximum absolute atomic E-state index is 14.6. The Morgan fingerprint density at radius 3 is 2.69 bits per heavy atom. The van der Waals surface area contributed by atoms with Crippen LogP contribution in [0.1, 0.15) is 75.9 Å². The van der Waals surface area contributed by atoms with Crippen LogP contribution in [-0.2, 0) is 5.41 Å². The van der Waals surface area contributed by atoms with Gasteiger partial charge < -0.3 is 15.2 Å². The highest BCUT2D eigenvalue weighted by atomic mass is 19.3. The molecule has 0 spiro atoms. The summed E-state index contributed by atoms with van der Waals surface area (Å²) >= 11 is 0. The molecule has 0 radical (unpaired) electrons. The number of hydrogen-bond acceptors (Lipinski definition) is 4. The number of hydrogen-bond donors (Lipinski definition) is 1. The molecule has 144 valence electrons. The lowest BCUT2D eigenvalue weighted by molar-refractivity contribution is -0.118. The Balaban J connectivity index is 1.61. The summed E-state index contributed by atoms with van der Waals surface area (Å²) in [6.45, 7) is 2.33. The number of amides is 2. The van der Waals surface area contributed by atoms with Crippen molar-refractivity contribution in [2.75, 3.05) is 6.54 Å². The molecule has 1 aliphatic heterocycles. The normalized spacial score (nSPS) is 34.7. The van der Waals surface area contributed by atoms with E-state index < -0.39 is 29.3 Å². The van der Waals surface area contributed by atoms with E-state index in [4.69, 9.17) is 10.3 Å². The topological polar surface area (TPSA) is 85.2 Å². The predicted molar refractivity (Wildman–Crippen MR) is 89.8 cm³/mol. The molecule has 1 saturated heterocycles. The average molecular weight is 368 g/mol. The van der Waals surface area contributed by atoms with E-state index in [0.717, 1.165) is 19.3 Å². The van der Waals surface area contributed by atoms with Crippen molar-refractivity contribution in [3.8, 4) is 0 Å². The number of carbonyl (C=O) groups is 1. The first kappa shape index (κ1) is 17.7. The molecule has 3 fully saturated rings. The number of nitrogens with zero attached hydrogens (tertiary/aromatic N) is 3. The summed E-state index contributed by atoms with van der Waals surface area (Å²) in [6, 6.07) is -1.21. The predicted octanol–water partition coefficient (Wildman–Crippen LogP) is 3.57. The zero-order chi connectivity index (χ0) is 18.5. The number of alkyl halides is 2. The van der Waals surface area contributed by atoms with Gasteiger partial charge in [-0.05, 0) is 38.5 Å². The Morgan fingerprint density at radius 1 is 1.27 bits per heavy atom. The van der Waals surface area contributed by atoms with Gasteiger partial charge in [-0.1, -0.05) is 18.5 Å². The van der Waals surface area contributed by atoms with Crippen LogP contribution in [0.2, 0.25) is 0 Å². The molecule has 0 aromatic carbocycles. The summed E-state index contributed by atoms with van der Waals surface area (Å²) in [5, 5.41) is 4.15. The van der Waals surface area contributed by atoms with E-state index >= 15 is 0 Å². The van der Waals surface area contributed by atoms with Crippen LogP contribution < -0.4 is 5.73 Å². The Kier molecular flexibility index (Phi) is 4.19. The molecule has 2 N–H and O–H groups in total. The van der Waals surface area contributed by atoms with Crippen LogP contribution in [0.25, 0.3) is 0 Å². The van der Waals surface area contributed by atoms with E-state index in [9.17, 15) is 13.6 Å². The summed E-state index contributed by atoms with van der Waals surface area (Å²) < 4.78 is 34.7.